The second kappa shape index (κ2) is 8.81. The summed E-state index contributed by atoms with van der Waals surface area (Å²) in [6.45, 7) is 6.11. The molecule has 1 fully saturated rings. The maximum atomic E-state index is 5.28. The summed E-state index contributed by atoms with van der Waals surface area (Å²) in [4.78, 5) is 30.3. The van der Waals surface area contributed by atoms with E-state index in [-0.39, 0.29) is 0 Å². The summed E-state index contributed by atoms with van der Waals surface area (Å²) in [5.74, 6) is 3.08. The van der Waals surface area contributed by atoms with Gasteiger partial charge in [-0.25, -0.2) is 19.9 Å². The molecule has 0 amide bonds. The standard InChI is InChI=1S/C26H27N7OS/c1-15-4-5-21(35-15)23-16(2)30-24(32-23)17-7-10-33(11-8-17)26-19-13-20(31-25(19)28-14-29-26)18-6-9-27-22(12-18)34-3/h4-6,9,12-14,17H,7-8,10-11H2,1-3H3,(H,30,32)(H,28,29,31). The lowest BCUT2D eigenvalue weighted by molar-refractivity contribution is 0.398. The van der Waals surface area contributed by atoms with Crippen LogP contribution in [0.4, 0.5) is 5.82 Å². The van der Waals surface area contributed by atoms with Crippen LogP contribution in [0.2, 0.25) is 0 Å². The molecule has 0 aromatic carbocycles. The summed E-state index contributed by atoms with van der Waals surface area (Å²) in [7, 11) is 1.62. The van der Waals surface area contributed by atoms with Crippen molar-refractivity contribution in [2.45, 2.75) is 32.6 Å². The molecule has 5 aromatic heterocycles. The highest BCUT2D eigenvalue weighted by Gasteiger charge is 2.26. The molecule has 1 saturated heterocycles. The van der Waals surface area contributed by atoms with Gasteiger partial charge in [0.25, 0.3) is 0 Å². The molecular weight excluding hydrogens is 458 g/mol. The van der Waals surface area contributed by atoms with Gasteiger partial charge >= 0.3 is 0 Å². The van der Waals surface area contributed by atoms with Crippen LogP contribution in [0.3, 0.4) is 0 Å². The molecule has 0 unspecified atom stereocenters. The molecule has 0 atom stereocenters. The van der Waals surface area contributed by atoms with E-state index < -0.39 is 0 Å². The predicted molar refractivity (Wildman–Crippen MR) is 139 cm³/mol. The normalized spacial score (nSPS) is 14.7. The fourth-order valence-corrected chi connectivity index (χ4v) is 5.78. The molecule has 9 heteroatoms. The number of imidazole rings is 1. The minimum absolute atomic E-state index is 0.420. The number of fused-ring (bicyclic) bond motifs is 1. The highest BCUT2D eigenvalue weighted by molar-refractivity contribution is 7.15. The first kappa shape index (κ1) is 21.8. The zero-order valence-corrected chi connectivity index (χ0v) is 20.8. The minimum Gasteiger partial charge on any atom is -0.481 e. The summed E-state index contributed by atoms with van der Waals surface area (Å²) in [6.07, 6.45) is 5.45. The fourth-order valence-electron chi connectivity index (χ4n) is 4.87. The molecule has 6 heterocycles. The average molecular weight is 486 g/mol. The van der Waals surface area contributed by atoms with Gasteiger partial charge in [0.15, 0.2) is 0 Å². The Bertz CT molecular complexity index is 1490. The van der Waals surface area contributed by atoms with Gasteiger partial charge in [-0.15, -0.1) is 11.3 Å². The number of ether oxygens (including phenoxy) is 1. The molecule has 1 aliphatic heterocycles. The zero-order valence-electron chi connectivity index (χ0n) is 20.0. The molecule has 0 spiro atoms. The summed E-state index contributed by atoms with van der Waals surface area (Å²) < 4.78 is 5.28. The van der Waals surface area contributed by atoms with Gasteiger partial charge in [-0.05, 0) is 51.0 Å². The smallest absolute Gasteiger partial charge is 0.213 e. The van der Waals surface area contributed by atoms with Crippen LogP contribution in [-0.4, -0.2) is 50.1 Å². The molecule has 6 rings (SSSR count). The summed E-state index contributed by atoms with van der Waals surface area (Å²) in [5.41, 5.74) is 5.05. The third kappa shape index (κ3) is 4.05. The van der Waals surface area contributed by atoms with E-state index in [9.17, 15) is 0 Å². The second-order valence-corrected chi connectivity index (χ2v) is 10.3. The Morgan fingerprint density at radius 1 is 1.03 bits per heavy atom. The molecule has 1 aliphatic rings. The number of aromatic amines is 2. The van der Waals surface area contributed by atoms with Gasteiger partial charge in [-0.3, -0.25) is 0 Å². The second-order valence-electron chi connectivity index (χ2n) is 9.00. The van der Waals surface area contributed by atoms with Gasteiger partial charge in [0.05, 0.1) is 17.4 Å². The summed E-state index contributed by atoms with van der Waals surface area (Å²) in [6, 6.07) is 10.3. The molecule has 2 N–H and O–H groups in total. The van der Waals surface area contributed by atoms with Gasteiger partial charge < -0.3 is 19.6 Å². The lowest BCUT2D eigenvalue weighted by Gasteiger charge is -2.32. The number of pyridine rings is 1. The van der Waals surface area contributed by atoms with Crippen molar-refractivity contribution in [3.8, 4) is 27.7 Å². The van der Waals surface area contributed by atoms with Crippen LogP contribution >= 0.6 is 11.3 Å². The number of piperidine rings is 1. The lowest BCUT2D eigenvalue weighted by atomic mass is 9.96. The number of aromatic nitrogens is 6. The highest BCUT2D eigenvalue weighted by atomic mass is 32.1. The monoisotopic (exact) mass is 485 g/mol. The number of hydrogen-bond acceptors (Lipinski definition) is 7. The predicted octanol–water partition coefficient (Wildman–Crippen LogP) is 5.48. The quantitative estimate of drug-likeness (QED) is 0.342. The van der Waals surface area contributed by atoms with Crippen molar-refractivity contribution in [2.75, 3.05) is 25.1 Å². The maximum absolute atomic E-state index is 5.28. The van der Waals surface area contributed by atoms with Gasteiger partial charge in [0, 0.05) is 53.1 Å². The zero-order chi connectivity index (χ0) is 23.9. The van der Waals surface area contributed by atoms with Crippen molar-refractivity contribution >= 4 is 28.2 Å². The Balaban J connectivity index is 1.22. The number of hydrogen-bond donors (Lipinski definition) is 2. The molecule has 0 radical (unpaired) electrons. The molecule has 0 saturated carbocycles. The molecule has 35 heavy (non-hydrogen) atoms. The van der Waals surface area contributed by atoms with E-state index in [2.05, 4.69) is 61.9 Å². The number of nitrogens with one attached hydrogen (secondary N) is 2. The van der Waals surface area contributed by atoms with E-state index in [0.29, 0.717) is 11.8 Å². The van der Waals surface area contributed by atoms with Crippen LogP contribution in [0.1, 0.15) is 35.2 Å². The van der Waals surface area contributed by atoms with Crippen molar-refractivity contribution in [1.82, 2.24) is 29.9 Å². The number of methoxy groups -OCH3 is 1. The number of anilines is 1. The van der Waals surface area contributed by atoms with E-state index in [1.165, 1.54) is 9.75 Å². The Hall–Kier alpha value is -3.72. The SMILES string of the molecule is COc1cc(-c2cc3c(N4CCC(c5nc(-c6ccc(C)s6)c(C)[nH]5)CC4)ncnc3[nH]2)ccn1. The minimum atomic E-state index is 0.420. The van der Waals surface area contributed by atoms with Crippen LogP contribution in [0.5, 0.6) is 5.88 Å². The van der Waals surface area contributed by atoms with Crippen LogP contribution in [-0.2, 0) is 0 Å². The molecular formula is C26H27N7OS. The Morgan fingerprint density at radius 3 is 2.66 bits per heavy atom. The van der Waals surface area contributed by atoms with E-state index in [0.717, 1.165) is 71.3 Å². The van der Waals surface area contributed by atoms with Crippen molar-refractivity contribution in [2.24, 2.45) is 0 Å². The first-order valence-corrected chi connectivity index (χ1v) is 12.6. The van der Waals surface area contributed by atoms with E-state index >= 15 is 0 Å². The number of thiophene rings is 1. The molecule has 5 aromatic rings. The van der Waals surface area contributed by atoms with Crippen LogP contribution < -0.4 is 9.64 Å². The third-order valence-corrected chi connectivity index (χ3v) is 7.72. The first-order chi connectivity index (χ1) is 17.1. The van der Waals surface area contributed by atoms with Gasteiger partial charge in [0.2, 0.25) is 5.88 Å². The first-order valence-electron chi connectivity index (χ1n) is 11.8. The van der Waals surface area contributed by atoms with Crippen molar-refractivity contribution in [3.05, 3.63) is 59.3 Å². The van der Waals surface area contributed by atoms with E-state index in [1.807, 2.05) is 12.1 Å². The Labute approximate surface area is 207 Å². The molecule has 0 aliphatic carbocycles. The largest absolute Gasteiger partial charge is 0.481 e. The number of aryl methyl sites for hydroxylation is 2. The fraction of sp³-hybridized carbons (Fsp3) is 0.308. The summed E-state index contributed by atoms with van der Waals surface area (Å²) in [5, 5.41) is 1.03. The number of nitrogens with zero attached hydrogens (tertiary/aromatic N) is 5. The maximum Gasteiger partial charge on any atom is 0.213 e. The lowest BCUT2D eigenvalue weighted by Crippen LogP contribution is -2.33. The average Bonchev–Trinajstić information content (AvgIpc) is 3.62. The number of H-pyrrole nitrogens is 2. The third-order valence-electron chi connectivity index (χ3n) is 6.72. The highest BCUT2D eigenvalue weighted by Crippen LogP contribution is 2.35. The van der Waals surface area contributed by atoms with Crippen LogP contribution in [0.15, 0.2) is 42.9 Å². The van der Waals surface area contributed by atoms with E-state index in [4.69, 9.17) is 9.72 Å². The summed E-state index contributed by atoms with van der Waals surface area (Å²) >= 11 is 1.80. The van der Waals surface area contributed by atoms with Gasteiger partial charge in [-0.2, -0.15) is 0 Å². The van der Waals surface area contributed by atoms with Gasteiger partial charge in [-0.1, -0.05) is 0 Å². The van der Waals surface area contributed by atoms with Gasteiger partial charge in [0.1, 0.15) is 29.3 Å². The van der Waals surface area contributed by atoms with Crippen molar-refractivity contribution < 1.29 is 4.74 Å². The van der Waals surface area contributed by atoms with Crippen molar-refractivity contribution in [3.63, 3.8) is 0 Å². The molecule has 8 nitrogen and oxygen atoms in total. The number of rotatable bonds is 5. The van der Waals surface area contributed by atoms with Crippen LogP contribution in [0.25, 0.3) is 32.9 Å². The Kier molecular flexibility index (Phi) is 5.49. The topological polar surface area (TPSA) is 95.6 Å². The van der Waals surface area contributed by atoms with Crippen molar-refractivity contribution in [1.29, 1.82) is 0 Å². The van der Waals surface area contributed by atoms with Crippen LogP contribution in [0, 0.1) is 13.8 Å². The molecule has 178 valence electrons. The molecule has 0 bridgehead atoms. The van der Waals surface area contributed by atoms with E-state index in [1.54, 1.807) is 31.0 Å². The Morgan fingerprint density at radius 2 is 1.89 bits per heavy atom.